The first-order valence-electron chi connectivity index (χ1n) is 19.2. The maximum atomic E-state index is 9.48. The van der Waals surface area contributed by atoms with Crippen LogP contribution in [-0.2, 0) is 5.41 Å². The summed E-state index contributed by atoms with van der Waals surface area (Å²) in [6, 6.07) is 50.5. The summed E-state index contributed by atoms with van der Waals surface area (Å²) in [5, 5.41) is 16.7. The Morgan fingerprint density at radius 3 is 2.00 bits per heavy atom. The molecule has 1 aliphatic heterocycles. The smallest absolute Gasteiger partial charge is 0.137 e. The second-order valence-electron chi connectivity index (χ2n) is 16.1. The van der Waals surface area contributed by atoms with E-state index in [1.807, 2.05) is 12.1 Å². The van der Waals surface area contributed by atoms with Crippen LogP contribution >= 0.6 is 0 Å². The van der Waals surface area contributed by atoms with Crippen LogP contribution in [0.1, 0.15) is 38.8 Å². The molecule has 1 aliphatic carbocycles. The fraction of sp³-hybridized carbons (Fsp3) is 0.135. The van der Waals surface area contributed by atoms with Crippen molar-refractivity contribution in [2.45, 2.75) is 39.2 Å². The van der Waals surface area contributed by atoms with Crippen LogP contribution in [0.2, 0.25) is 0 Å². The molecule has 0 saturated heterocycles. The van der Waals surface area contributed by atoms with E-state index in [1.54, 1.807) is 0 Å². The third-order valence-electron chi connectivity index (χ3n) is 11.7. The van der Waals surface area contributed by atoms with Crippen molar-refractivity contribution in [3.05, 3.63) is 169 Å². The second-order valence-corrected chi connectivity index (χ2v) is 16.1. The van der Waals surface area contributed by atoms with Gasteiger partial charge in [-0.15, -0.1) is 0 Å². The minimum Gasteiger partial charge on any atom is -0.456 e. The van der Waals surface area contributed by atoms with Gasteiger partial charge in [-0.2, -0.15) is 5.26 Å². The summed E-state index contributed by atoms with van der Waals surface area (Å²) in [4.78, 5) is 2.44. The first kappa shape index (κ1) is 33.0. The number of allylic oxidation sites excluding steroid dienone is 2. The molecule has 2 atom stereocenters. The monoisotopic (exact) mass is 708 g/mol. The second kappa shape index (κ2) is 12.5. The van der Waals surface area contributed by atoms with E-state index in [0.29, 0.717) is 11.5 Å². The summed E-state index contributed by atoms with van der Waals surface area (Å²) in [6.45, 7) is 9.06. The van der Waals surface area contributed by atoms with E-state index in [-0.39, 0.29) is 11.5 Å². The highest BCUT2D eigenvalue weighted by Crippen LogP contribution is 2.55. The lowest BCUT2D eigenvalue weighted by molar-refractivity contribution is 0.487. The van der Waals surface area contributed by atoms with Gasteiger partial charge in [-0.1, -0.05) is 131 Å². The predicted molar refractivity (Wildman–Crippen MR) is 230 cm³/mol. The van der Waals surface area contributed by atoms with Gasteiger partial charge in [-0.3, -0.25) is 0 Å². The maximum absolute atomic E-state index is 9.48. The number of hydrogen-bond acceptors (Lipinski definition) is 3. The zero-order valence-electron chi connectivity index (χ0n) is 31.5. The number of hydrogen-bond donors (Lipinski definition) is 0. The predicted octanol–water partition coefficient (Wildman–Crippen LogP) is 14.1. The van der Waals surface area contributed by atoms with Crippen molar-refractivity contribution in [2.75, 3.05) is 4.90 Å². The molecule has 0 aromatic heterocycles. The van der Waals surface area contributed by atoms with Crippen molar-refractivity contribution in [1.29, 1.82) is 5.26 Å². The van der Waals surface area contributed by atoms with Gasteiger partial charge in [0.25, 0.3) is 0 Å². The Morgan fingerprint density at radius 1 is 0.582 bits per heavy atom. The molecular formula is C52H40N2O. The van der Waals surface area contributed by atoms with Crippen LogP contribution in [0.3, 0.4) is 0 Å². The molecule has 0 saturated carbocycles. The van der Waals surface area contributed by atoms with Crippen LogP contribution in [-0.4, -0.2) is 6.04 Å². The van der Waals surface area contributed by atoms with Crippen LogP contribution in [0, 0.1) is 17.2 Å². The van der Waals surface area contributed by atoms with Gasteiger partial charge in [-0.25, -0.2) is 0 Å². The molecule has 1 heterocycles. The number of nitrogens with zero attached hydrogens (tertiary/aromatic N) is 2. The minimum absolute atomic E-state index is 0.0591. The van der Waals surface area contributed by atoms with Crippen molar-refractivity contribution in [2.24, 2.45) is 5.92 Å². The largest absolute Gasteiger partial charge is 0.456 e. The first-order chi connectivity index (χ1) is 26.8. The molecular weight excluding hydrogens is 669 g/mol. The number of ether oxygens (including phenoxy) is 1. The Labute approximate surface area is 322 Å². The van der Waals surface area contributed by atoms with Crippen molar-refractivity contribution in [1.82, 2.24) is 0 Å². The normalized spacial score (nSPS) is 16.0. The van der Waals surface area contributed by atoms with Crippen molar-refractivity contribution in [3.8, 4) is 50.9 Å². The highest BCUT2D eigenvalue weighted by Gasteiger charge is 2.29. The standard InChI is InChI=1S/C52H40N2O/c1-32-10-8-9-13-46(32)54(38-11-6-5-7-12-38)39-23-25-41-45-28-36-20-24-40(34-16-14-33(31-53)15-17-34)42-26-27-43-44(35-18-21-37(22-19-35)52(2,3)4)30-48(55-47(41)29-39)50(45)51(43)49(36)42/h5-30,32,46H,1-4H3. The van der Waals surface area contributed by atoms with Gasteiger partial charge in [0.2, 0.25) is 0 Å². The Balaban J connectivity index is 1.22. The number of para-hydroxylation sites is 1. The highest BCUT2D eigenvalue weighted by molar-refractivity contribution is 6.32. The molecule has 2 unspecified atom stereocenters. The molecule has 0 spiro atoms. The van der Waals surface area contributed by atoms with Crippen molar-refractivity contribution in [3.63, 3.8) is 0 Å². The van der Waals surface area contributed by atoms with Crippen molar-refractivity contribution < 1.29 is 4.74 Å². The third kappa shape index (κ3) is 5.32. The Kier molecular flexibility index (Phi) is 7.48. The molecule has 55 heavy (non-hydrogen) atoms. The Bertz CT molecular complexity index is 2890. The van der Waals surface area contributed by atoms with E-state index in [4.69, 9.17) is 4.74 Å². The topological polar surface area (TPSA) is 36.3 Å². The summed E-state index contributed by atoms with van der Waals surface area (Å²) < 4.78 is 7.13. The first-order valence-corrected chi connectivity index (χ1v) is 19.2. The summed E-state index contributed by atoms with van der Waals surface area (Å²) in [5.74, 6) is 2.06. The average Bonchev–Trinajstić information content (AvgIpc) is 3.21. The summed E-state index contributed by atoms with van der Waals surface area (Å²) in [6.07, 6.45) is 8.89. The molecule has 0 N–H and O–H groups in total. The minimum atomic E-state index is 0.0591. The third-order valence-corrected chi connectivity index (χ3v) is 11.7. The fourth-order valence-corrected chi connectivity index (χ4v) is 8.83. The summed E-state index contributed by atoms with van der Waals surface area (Å²) in [5.41, 5.74) is 11.1. The lowest BCUT2D eigenvalue weighted by atomic mass is 9.82. The van der Waals surface area contributed by atoms with Crippen LogP contribution < -0.4 is 9.64 Å². The molecule has 0 fully saturated rings. The molecule has 0 amide bonds. The molecule has 0 radical (unpaired) electrons. The molecule has 8 aromatic rings. The van der Waals surface area contributed by atoms with E-state index >= 15 is 0 Å². The summed E-state index contributed by atoms with van der Waals surface area (Å²) >= 11 is 0. The number of benzene rings is 8. The van der Waals surface area contributed by atoms with Crippen LogP contribution in [0.4, 0.5) is 11.4 Å². The van der Waals surface area contributed by atoms with E-state index in [9.17, 15) is 5.26 Å². The number of nitriles is 1. The van der Waals surface area contributed by atoms with Gasteiger partial charge >= 0.3 is 0 Å². The zero-order valence-corrected chi connectivity index (χ0v) is 31.5. The number of anilines is 2. The van der Waals surface area contributed by atoms with Crippen molar-refractivity contribution >= 4 is 43.7 Å². The highest BCUT2D eigenvalue weighted by atomic mass is 16.5. The van der Waals surface area contributed by atoms with E-state index < -0.39 is 0 Å². The van der Waals surface area contributed by atoms with Gasteiger partial charge in [0.1, 0.15) is 11.5 Å². The van der Waals surface area contributed by atoms with E-state index in [1.165, 1.54) is 43.6 Å². The van der Waals surface area contributed by atoms with Gasteiger partial charge in [0, 0.05) is 33.8 Å². The Hall–Kier alpha value is -6.63. The van der Waals surface area contributed by atoms with Gasteiger partial charge < -0.3 is 9.64 Å². The SMILES string of the molecule is CC1C=CC=CC1N(c1ccccc1)c1ccc2c(c1)Oc1cc(-c3ccc(C(C)(C)C)cc3)c3ccc4c(-c5ccc(C#N)cc5)ccc5cc-2c1c3c54. The van der Waals surface area contributed by atoms with Gasteiger partial charge in [0.05, 0.1) is 17.7 Å². The lowest BCUT2D eigenvalue weighted by Crippen LogP contribution is -2.35. The van der Waals surface area contributed by atoms with Gasteiger partial charge in [-0.05, 0) is 115 Å². The fourth-order valence-electron chi connectivity index (χ4n) is 8.83. The average molecular weight is 709 g/mol. The lowest BCUT2D eigenvalue weighted by Gasteiger charge is -2.36. The molecule has 3 heteroatoms. The Morgan fingerprint density at radius 2 is 1.27 bits per heavy atom. The van der Waals surface area contributed by atoms with Crippen LogP contribution in [0.5, 0.6) is 11.5 Å². The van der Waals surface area contributed by atoms with E-state index in [0.717, 1.165) is 50.5 Å². The molecule has 8 aromatic carbocycles. The number of rotatable bonds is 5. The van der Waals surface area contributed by atoms with Gasteiger partial charge in [0.15, 0.2) is 0 Å². The maximum Gasteiger partial charge on any atom is 0.137 e. The molecule has 10 rings (SSSR count). The molecule has 0 bridgehead atoms. The number of fused-ring (bicyclic) bond motifs is 2. The quantitative estimate of drug-likeness (QED) is 0.167. The molecule has 2 aliphatic rings. The molecule has 3 nitrogen and oxygen atoms in total. The van der Waals surface area contributed by atoms with Crippen LogP contribution in [0.15, 0.2) is 158 Å². The van der Waals surface area contributed by atoms with Crippen LogP contribution in [0.25, 0.3) is 65.7 Å². The zero-order chi connectivity index (χ0) is 37.4. The molecule has 264 valence electrons. The summed E-state index contributed by atoms with van der Waals surface area (Å²) in [7, 11) is 0. The van der Waals surface area contributed by atoms with E-state index in [2.05, 4.69) is 184 Å².